The number of nitrogens with two attached hydrogens (primary N) is 1. The highest BCUT2D eigenvalue weighted by Crippen LogP contribution is 2.26. The summed E-state index contributed by atoms with van der Waals surface area (Å²) in [7, 11) is 1.68. The van der Waals surface area contributed by atoms with E-state index in [1.807, 2.05) is 19.1 Å². The molecular weight excluding hydrogens is 226 g/mol. The lowest BCUT2D eigenvalue weighted by atomic mass is 10.0. The highest BCUT2D eigenvalue weighted by Gasteiger charge is 2.07. The van der Waals surface area contributed by atoms with Crippen LogP contribution in [0.1, 0.15) is 18.3 Å². The van der Waals surface area contributed by atoms with Crippen molar-refractivity contribution in [3.05, 3.63) is 35.7 Å². The van der Waals surface area contributed by atoms with Crippen molar-refractivity contribution in [2.45, 2.75) is 20.3 Å². The quantitative estimate of drug-likeness (QED) is 0.900. The average molecular weight is 243 g/mol. The van der Waals surface area contributed by atoms with Gasteiger partial charge in [0.1, 0.15) is 17.4 Å². The van der Waals surface area contributed by atoms with Crippen molar-refractivity contribution >= 4 is 5.82 Å². The standard InChI is InChI=1S/C14H17N3O/c1-4-10-7-11(5-6-13(10)18-3)12-8-14(15)17-9(2)16-12/h5-8H,4H2,1-3H3,(H2,15,16,17). The molecule has 1 heterocycles. The molecular formula is C14H17N3O. The summed E-state index contributed by atoms with van der Waals surface area (Å²) < 4.78 is 5.32. The molecule has 1 aromatic carbocycles. The number of methoxy groups -OCH3 is 1. The summed E-state index contributed by atoms with van der Waals surface area (Å²) in [5.74, 6) is 2.07. The van der Waals surface area contributed by atoms with Gasteiger partial charge in [-0.25, -0.2) is 9.97 Å². The molecule has 0 bridgehead atoms. The SMILES string of the molecule is CCc1cc(-c2cc(N)nc(C)n2)ccc1OC. The summed E-state index contributed by atoms with van der Waals surface area (Å²) >= 11 is 0. The first-order valence-electron chi connectivity index (χ1n) is 5.92. The summed E-state index contributed by atoms with van der Waals surface area (Å²) in [6.07, 6.45) is 0.913. The second kappa shape index (κ2) is 5.04. The maximum atomic E-state index is 5.75. The second-order valence-electron chi connectivity index (χ2n) is 4.11. The van der Waals surface area contributed by atoms with Crippen LogP contribution in [0.25, 0.3) is 11.3 Å². The molecule has 2 aromatic rings. The van der Waals surface area contributed by atoms with Gasteiger partial charge in [-0.2, -0.15) is 0 Å². The third-order valence-electron chi connectivity index (χ3n) is 2.81. The van der Waals surface area contributed by atoms with E-state index in [2.05, 4.69) is 23.0 Å². The Morgan fingerprint density at radius 2 is 2.00 bits per heavy atom. The molecule has 18 heavy (non-hydrogen) atoms. The number of nitrogens with zero attached hydrogens (tertiary/aromatic N) is 2. The van der Waals surface area contributed by atoms with Crippen LogP contribution in [-0.2, 0) is 6.42 Å². The van der Waals surface area contributed by atoms with Crippen LogP contribution >= 0.6 is 0 Å². The smallest absolute Gasteiger partial charge is 0.128 e. The predicted octanol–water partition coefficient (Wildman–Crippen LogP) is 2.61. The Bertz CT molecular complexity index is 547. The minimum Gasteiger partial charge on any atom is -0.496 e. The number of anilines is 1. The van der Waals surface area contributed by atoms with Crippen molar-refractivity contribution in [1.29, 1.82) is 0 Å². The van der Waals surface area contributed by atoms with Crippen LogP contribution in [-0.4, -0.2) is 17.1 Å². The zero-order chi connectivity index (χ0) is 13.1. The fourth-order valence-corrected chi connectivity index (χ4v) is 1.95. The largest absolute Gasteiger partial charge is 0.496 e. The van der Waals surface area contributed by atoms with E-state index in [1.165, 1.54) is 0 Å². The average Bonchev–Trinajstić information content (AvgIpc) is 2.36. The monoisotopic (exact) mass is 243 g/mol. The highest BCUT2D eigenvalue weighted by molar-refractivity contribution is 5.64. The normalized spacial score (nSPS) is 10.4. The van der Waals surface area contributed by atoms with Crippen molar-refractivity contribution in [2.75, 3.05) is 12.8 Å². The first-order valence-corrected chi connectivity index (χ1v) is 5.92. The Kier molecular flexibility index (Phi) is 3.46. The zero-order valence-electron chi connectivity index (χ0n) is 10.9. The van der Waals surface area contributed by atoms with Crippen LogP contribution in [0.2, 0.25) is 0 Å². The van der Waals surface area contributed by atoms with Gasteiger partial charge in [0.15, 0.2) is 0 Å². The van der Waals surface area contributed by atoms with Gasteiger partial charge < -0.3 is 10.5 Å². The number of aryl methyl sites for hydroxylation is 2. The van der Waals surface area contributed by atoms with Gasteiger partial charge in [-0.15, -0.1) is 0 Å². The number of rotatable bonds is 3. The number of aromatic nitrogens is 2. The molecule has 0 fully saturated rings. The molecule has 2 N–H and O–H groups in total. The van der Waals surface area contributed by atoms with Gasteiger partial charge in [-0.1, -0.05) is 6.92 Å². The van der Waals surface area contributed by atoms with Crippen molar-refractivity contribution in [3.8, 4) is 17.0 Å². The molecule has 0 unspecified atom stereocenters. The topological polar surface area (TPSA) is 61.0 Å². The van der Waals surface area contributed by atoms with Gasteiger partial charge >= 0.3 is 0 Å². The van der Waals surface area contributed by atoms with Crippen molar-refractivity contribution < 1.29 is 4.74 Å². The number of ether oxygens (including phenoxy) is 1. The predicted molar refractivity (Wildman–Crippen MR) is 72.5 cm³/mol. The third kappa shape index (κ3) is 2.42. The Morgan fingerprint density at radius 1 is 1.22 bits per heavy atom. The molecule has 0 radical (unpaired) electrons. The number of hydrogen-bond acceptors (Lipinski definition) is 4. The second-order valence-corrected chi connectivity index (χ2v) is 4.11. The van der Waals surface area contributed by atoms with Gasteiger partial charge in [0.2, 0.25) is 0 Å². The van der Waals surface area contributed by atoms with E-state index < -0.39 is 0 Å². The van der Waals surface area contributed by atoms with Crippen LogP contribution in [0.4, 0.5) is 5.82 Å². The van der Waals surface area contributed by atoms with E-state index >= 15 is 0 Å². The summed E-state index contributed by atoms with van der Waals surface area (Å²) in [6.45, 7) is 3.94. The van der Waals surface area contributed by atoms with E-state index in [-0.39, 0.29) is 0 Å². The Balaban J connectivity index is 2.50. The minimum absolute atomic E-state index is 0.492. The molecule has 0 spiro atoms. The molecule has 2 rings (SSSR count). The van der Waals surface area contributed by atoms with Gasteiger partial charge in [0.25, 0.3) is 0 Å². The van der Waals surface area contributed by atoms with Gasteiger partial charge in [0, 0.05) is 11.6 Å². The number of hydrogen-bond donors (Lipinski definition) is 1. The molecule has 0 aliphatic rings. The van der Waals surface area contributed by atoms with E-state index in [0.29, 0.717) is 11.6 Å². The molecule has 1 aromatic heterocycles. The Labute approximate surface area is 107 Å². The molecule has 0 amide bonds. The van der Waals surface area contributed by atoms with Gasteiger partial charge in [-0.05, 0) is 37.1 Å². The number of benzene rings is 1. The van der Waals surface area contributed by atoms with Crippen LogP contribution in [0.15, 0.2) is 24.3 Å². The molecule has 0 aliphatic carbocycles. The van der Waals surface area contributed by atoms with E-state index in [0.717, 1.165) is 29.0 Å². The molecule has 94 valence electrons. The lowest BCUT2D eigenvalue weighted by Gasteiger charge is -2.09. The first-order chi connectivity index (χ1) is 8.63. The summed E-state index contributed by atoms with van der Waals surface area (Å²) in [5.41, 5.74) is 8.78. The van der Waals surface area contributed by atoms with E-state index in [9.17, 15) is 0 Å². The fraction of sp³-hybridized carbons (Fsp3) is 0.286. The minimum atomic E-state index is 0.492. The lowest BCUT2D eigenvalue weighted by molar-refractivity contribution is 0.410. The fourth-order valence-electron chi connectivity index (χ4n) is 1.95. The van der Waals surface area contributed by atoms with E-state index in [4.69, 9.17) is 10.5 Å². The van der Waals surface area contributed by atoms with Crippen LogP contribution in [0.5, 0.6) is 5.75 Å². The summed E-state index contributed by atoms with van der Waals surface area (Å²) in [6, 6.07) is 7.81. The van der Waals surface area contributed by atoms with Crippen LogP contribution < -0.4 is 10.5 Å². The maximum Gasteiger partial charge on any atom is 0.128 e. The van der Waals surface area contributed by atoms with E-state index in [1.54, 1.807) is 13.2 Å². The third-order valence-corrected chi connectivity index (χ3v) is 2.81. The van der Waals surface area contributed by atoms with Crippen LogP contribution in [0, 0.1) is 6.92 Å². The summed E-state index contributed by atoms with van der Waals surface area (Å²) in [4.78, 5) is 8.48. The van der Waals surface area contributed by atoms with Crippen LogP contribution in [0.3, 0.4) is 0 Å². The highest BCUT2D eigenvalue weighted by atomic mass is 16.5. The molecule has 0 aliphatic heterocycles. The number of nitrogen functional groups attached to an aromatic ring is 1. The summed E-state index contributed by atoms with van der Waals surface area (Å²) in [5, 5.41) is 0. The van der Waals surface area contributed by atoms with Gasteiger partial charge in [0.05, 0.1) is 12.8 Å². The molecule has 4 nitrogen and oxygen atoms in total. The first kappa shape index (κ1) is 12.4. The zero-order valence-corrected chi connectivity index (χ0v) is 10.9. The molecule has 0 saturated carbocycles. The lowest BCUT2D eigenvalue weighted by Crippen LogP contribution is -1.98. The Morgan fingerprint density at radius 3 is 2.61 bits per heavy atom. The molecule has 4 heteroatoms. The van der Waals surface area contributed by atoms with Crippen molar-refractivity contribution in [1.82, 2.24) is 9.97 Å². The maximum absolute atomic E-state index is 5.75. The molecule has 0 saturated heterocycles. The molecule has 0 atom stereocenters. The van der Waals surface area contributed by atoms with Gasteiger partial charge in [-0.3, -0.25) is 0 Å². The van der Waals surface area contributed by atoms with Crippen molar-refractivity contribution in [3.63, 3.8) is 0 Å². The Hall–Kier alpha value is -2.10. The van der Waals surface area contributed by atoms with Crippen molar-refractivity contribution in [2.24, 2.45) is 0 Å².